The number of carboxylic acid groups (broad SMARTS) is 1. The summed E-state index contributed by atoms with van der Waals surface area (Å²) in [7, 11) is 0. The van der Waals surface area contributed by atoms with E-state index in [2.05, 4.69) is 5.32 Å². The first-order valence-electron chi connectivity index (χ1n) is 6.74. The lowest BCUT2D eigenvalue weighted by Gasteiger charge is -2.34. The second-order valence-electron chi connectivity index (χ2n) is 6.05. The molecule has 0 atom stereocenters. The highest BCUT2D eigenvalue weighted by Crippen LogP contribution is 2.28. The Morgan fingerprint density at radius 3 is 2.35 bits per heavy atom. The van der Waals surface area contributed by atoms with Gasteiger partial charge in [-0.05, 0) is 45.7 Å². The molecule has 20 heavy (non-hydrogen) atoms. The SMILES string of the molecule is CC(C)(C)N(C(=O)O)c1ccccc1C(=O)NC1CC1. The molecule has 1 aromatic rings. The summed E-state index contributed by atoms with van der Waals surface area (Å²) in [4.78, 5) is 25.0. The van der Waals surface area contributed by atoms with Crippen LogP contribution >= 0.6 is 0 Å². The molecule has 1 aromatic carbocycles. The Kier molecular flexibility index (Phi) is 3.70. The molecule has 0 aliphatic heterocycles. The Morgan fingerprint density at radius 2 is 1.85 bits per heavy atom. The molecule has 0 saturated heterocycles. The third kappa shape index (κ3) is 3.10. The Balaban J connectivity index is 2.39. The molecule has 0 heterocycles. The molecule has 0 aromatic heterocycles. The number of anilines is 1. The molecule has 2 amide bonds. The smallest absolute Gasteiger partial charge is 0.412 e. The lowest BCUT2D eigenvalue weighted by molar-refractivity contribution is 0.0951. The van der Waals surface area contributed by atoms with E-state index in [0.29, 0.717) is 11.3 Å². The highest BCUT2D eigenvalue weighted by atomic mass is 16.4. The predicted molar refractivity (Wildman–Crippen MR) is 77.2 cm³/mol. The number of carbonyl (C=O) groups excluding carboxylic acids is 1. The number of hydrogen-bond acceptors (Lipinski definition) is 2. The summed E-state index contributed by atoms with van der Waals surface area (Å²) in [5, 5.41) is 12.4. The fourth-order valence-electron chi connectivity index (χ4n) is 2.10. The summed E-state index contributed by atoms with van der Waals surface area (Å²) in [6.07, 6.45) is 0.926. The minimum absolute atomic E-state index is 0.210. The van der Waals surface area contributed by atoms with Gasteiger partial charge in [0.1, 0.15) is 0 Å². The summed E-state index contributed by atoms with van der Waals surface area (Å²) < 4.78 is 0. The van der Waals surface area contributed by atoms with Gasteiger partial charge >= 0.3 is 6.09 Å². The van der Waals surface area contributed by atoms with Gasteiger partial charge in [-0.1, -0.05) is 12.1 Å². The highest BCUT2D eigenvalue weighted by molar-refractivity contribution is 6.03. The largest absolute Gasteiger partial charge is 0.465 e. The third-order valence-corrected chi connectivity index (χ3v) is 3.16. The summed E-state index contributed by atoms with van der Waals surface area (Å²) in [6, 6.07) is 7.05. The van der Waals surface area contributed by atoms with Gasteiger partial charge in [0.25, 0.3) is 5.91 Å². The Labute approximate surface area is 118 Å². The van der Waals surface area contributed by atoms with Crippen LogP contribution in [0.4, 0.5) is 10.5 Å². The van der Waals surface area contributed by atoms with Gasteiger partial charge < -0.3 is 10.4 Å². The van der Waals surface area contributed by atoms with Crippen LogP contribution in [0.5, 0.6) is 0 Å². The number of rotatable bonds is 3. The molecule has 1 aliphatic rings. The minimum atomic E-state index is -1.07. The van der Waals surface area contributed by atoms with E-state index in [4.69, 9.17) is 0 Å². The summed E-state index contributed by atoms with van der Waals surface area (Å²) in [5.41, 5.74) is 0.198. The van der Waals surface area contributed by atoms with Gasteiger partial charge in [0.15, 0.2) is 0 Å². The predicted octanol–water partition coefficient (Wildman–Crippen LogP) is 2.86. The van der Waals surface area contributed by atoms with Gasteiger partial charge in [0, 0.05) is 11.6 Å². The lowest BCUT2D eigenvalue weighted by atomic mass is 10.0. The van der Waals surface area contributed by atoms with Crippen molar-refractivity contribution in [3.05, 3.63) is 29.8 Å². The first kappa shape index (κ1) is 14.4. The zero-order chi connectivity index (χ0) is 14.9. The minimum Gasteiger partial charge on any atom is -0.465 e. The molecule has 1 fully saturated rings. The molecule has 5 nitrogen and oxygen atoms in total. The zero-order valence-electron chi connectivity index (χ0n) is 12.0. The van der Waals surface area contributed by atoms with E-state index in [1.807, 2.05) is 0 Å². The van der Waals surface area contributed by atoms with Crippen LogP contribution in [-0.2, 0) is 0 Å². The number of nitrogens with zero attached hydrogens (tertiary/aromatic N) is 1. The van der Waals surface area contributed by atoms with E-state index in [-0.39, 0.29) is 11.9 Å². The summed E-state index contributed by atoms with van der Waals surface area (Å²) >= 11 is 0. The van der Waals surface area contributed by atoms with Gasteiger partial charge in [0.2, 0.25) is 0 Å². The van der Waals surface area contributed by atoms with Crippen LogP contribution in [0.3, 0.4) is 0 Å². The maximum absolute atomic E-state index is 12.2. The van der Waals surface area contributed by atoms with E-state index in [1.54, 1.807) is 45.0 Å². The quantitative estimate of drug-likeness (QED) is 0.891. The van der Waals surface area contributed by atoms with Gasteiger partial charge in [0.05, 0.1) is 11.3 Å². The van der Waals surface area contributed by atoms with Gasteiger partial charge in [-0.15, -0.1) is 0 Å². The molecule has 5 heteroatoms. The average molecular weight is 276 g/mol. The normalized spacial score (nSPS) is 14.8. The number of hydrogen-bond donors (Lipinski definition) is 2. The topological polar surface area (TPSA) is 69.6 Å². The van der Waals surface area contributed by atoms with E-state index in [9.17, 15) is 14.7 Å². The standard InChI is InChI=1S/C15H20N2O3/c1-15(2,3)17(14(19)20)12-7-5-4-6-11(12)13(18)16-10-8-9-10/h4-7,10H,8-9H2,1-3H3,(H,16,18)(H,19,20). The maximum Gasteiger partial charge on any atom is 0.412 e. The lowest BCUT2D eigenvalue weighted by Crippen LogP contribution is -2.46. The maximum atomic E-state index is 12.2. The number of para-hydroxylation sites is 1. The van der Waals surface area contributed by atoms with Crippen LogP contribution in [0.15, 0.2) is 24.3 Å². The number of carbonyl (C=O) groups is 2. The average Bonchev–Trinajstić information content (AvgIpc) is 3.11. The zero-order valence-corrected chi connectivity index (χ0v) is 12.0. The molecule has 0 spiro atoms. The van der Waals surface area contributed by atoms with Crippen molar-refractivity contribution in [1.29, 1.82) is 0 Å². The monoisotopic (exact) mass is 276 g/mol. The molecular formula is C15H20N2O3. The van der Waals surface area contributed by atoms with Gasteiger partial charge in [-0.3, -0.25) is 9.69 Å². The van der Waals surface area contributed by atoms with Gasteiger partial charge in [-0.2, -0.15) is 0 Å². The fourth-order valence-corrected chi connectivity index (χ4v) is 2.10. The van der Waals surface area contributed by atoms with Crippen LogP contribution in [0.2, 0.25) is 0 Å². The van der Waals surface area contributed by atoms with Crippen molar-refractivity contribution in [1.82, 2.24) is 5.32 Å². The molecule has 0 radical (unpaired) electrons. The third-order valence-electron chi connectivity index (χ3n) is 3.16. The van der Waals surface area contributed by atoms with Crippen molar-refractivity contribution in [2.75, 3.05) is 4.90 Å². The summed E-state index contributed by atoms with van der Waals surface area (Å²) in [6.45, 7) is 5.41. The molecule has 0 bridgehead atoms. The van der Waals surface area contributed by atoms with E-state index in [0.717, 1.165) is 12.8 Å². The Morgan fingerprint density at radius 1 is 1.25 bits per heavy atom. The van der Waals surface area contributed by atoms with Crippen molar-refractivity contribution < 1.29 is 14.7 Å². The number of amides is 2. The van der Waals surface area contributed by atoms with E-state index < -0.39 is 11.6 Å². The van der Waals surface area contributed by atoms with Crippen molar-refractivity contribution in [3.8, 4) is 0 Å². The molecule has 2 rings (SSSR count). The van der Waals surface area contributed by atoms with Crippen molar-refractivity contribution in [3.63, 3.8) is 0 Å². The molecule has 0 unspecified atom stereocenters. The fraction of sp³-hybridized carbons (Fsp3) is 0.467. The first-order valence-corrected chi connectivity index (χ1v) is 6.74. The van der Waals surface area contributed by atoms with Crippen molar-refractivity contribution in [2.24, 2.45) is 0 Å². The molecular weight excluding hydrogens is 256 g/mol. The van der Waals surface area contributed by atoms with Crippen LogP contribution < -0.4 is 10.2 Å². The second-order valence-corrected chi connectivity index (χ2v) is 6.05. The Bertz CT molecular complexity index is 530. The highest BCUT2D eigenvalue weighted by Gasteiger charge is 2.32. The first-order chi connectivity index (χ1) is 9.30. The van der Waals surface area contributed by atoms with Crippen LogP contribution in [0.1, 0.15) is 44.0 Å². The van der Waals surface area contributed by atoms with Crippen molar-refractivity contribution >= 4 is 17.7 Å². The molecule has 1 aliphatic carbocycles. The second kappa shape index (κ2) is 5.15. The summed E-state index contributed by atoms with van der Waals surface area (Å²) in [5.74, 6) is -0.210. The molecule has 108 valence electrons. The van der Waals surface area contributed by atoms with Gasteiger partial charge in [-0.25, -0.2) is 4.79 Å². The van der Waals surface area contributed by atoms with Crippen LogP contribution in [-0.4, -0.2) is 28.7 Å². The number of benzene rings is 1. The van der Waals surface area contributed by atoms with Crippen LogP contribution in [0.25, 0.3) is 0 Å². The van der Waals surface area contributed by atoms with E-state index in [1.165, 1.54) is 4.90 Å². The van der Waals surface area contributed by atoms with Crippen LogP contribution in [0, 0.1) is 0 Å². The number of nitrogens with one attached hydrogen (secondary N) is 1. The van der Waals surface area contributed by atoms with Crippen molar-refractivity contribution in [2.45, 2.75) is 45.2 Å². The molecule has 2 N–H and O–H groups in total. The molecule has 1 saturated carbocycles. The van der Waals surface area contributed by atoms with E-state index >= 15 is 0 Å². The Hall–Kier alpha value is -2.04.